The summed E-state index contributed by atoms with van der Waals surface area (Å²) >= 11 is 6.43. The molecule has 0 radical (unpaired) electrons. The highest BCUT2D eigenvalue weighted by Crippen LogP contribution is 2.47. The van der Waals surface area contributed by atoms with E-state index in [1.807, 2.05) is 24.3 Å². The van der Waals surface area contributed by atoms with Crippen LogP contribution in [0.2, 0.25) is 5.02 Å². The van der Waals surface area contributed by atoms with Crippen molar-refractivity contribution in [3.05, 3.63) is 64.7 Å². The van der Waals surface area contributed by atoms with Gasteiger partial charge in [0.1, 0.15) is 5.75 Å². The summed E-state index contributed by atoms with van der Waals surface area (Å²) in [6, 6.07) is 11.0. The Kier molecular flexibility index (Phi) is 9.50. The summed E-state index contributed by atoms with van der Waals surface area (Å²) in [6.07, 6.45) is 8.51. The van der Waals surface area contributed by atoms with Crippen molar-refractivity contribution >= 4 is 33.2 Å². The molecule has 50 heavy (non-hydrogen) atoms. The number of fused-ring (bicyclic) bond motifs is 4. The number of likely N-dealkylation sites (tertiary alicyclic amines) is 1. The molecule has 0 aromatic heterocycles. The summed E-state index contributed by atoms with van der Waals surface area (Å²) < 4.78 is 69.9. The summed E-state index contributed by atoms with van der Waals surface area (Å²) in [4.78, 5) is 19.3. The fourth-order valence-electron chi connectivity index (χ4n) is 8.26. The predicted molar refractivity (Wildman–Crippen MR) is 189 cm³/mol. The lowest BCUT2D eigenvalue weighted by molar-refractivity contribution is -0.138. The molecular formula is C37H47ClF2N4O5S. The second kappa shape index (κ2) is 13.3. The third kappa shape index (κ3) is 6.90. The van der Waals surface area contributed by atoms with Crippen LogP contribution in [-0.4, -0.2) is 101 Å². The first-order valence-electron chi connectivity index (χ1n) is 17.6. The first kappa shape index (κ1) is 35.6. The predicted octanol–water partition coefficient (Wildman–Crippen LogP) is 5.26. The Morgan fingerprint density at radius 3 is 2.64 bits per heavy atom. The number of hydrogen-bond acceptors (Lipinski definition) is 8. The van der Waals surface area contributed by atoms with Gasteiger partial charge in [-0.2, -0.15) is 0 Å². The molecule has 13 heteroatoms. The van der Waals surface area contributed by atoms with E-state index >= 15 is 0 Å². The van der Waals surface area contributed by atoms with Gasteiger partial charge in [0.25, 0.3) is 21.9 Å². The third-order valence-electron chi connectivity index (χ3n) is 11.7. The Hall–Kier alpha value is -2.77. The highest BCUT2D eigenvalue weighted by atomic mass is 35.5. The molecule has 1 saturated heterocycles. The van der Waals surface area contributed by atoms with Crippen molar-refractivity contribution in [3.8, 4) is 5.75 Å². The zero-order valence-corrected chi connectivity index (χ0v) is 30.5. The molecule has 3 heterocycles. The van der Waals surface area contributed by atoms with Crippen LogP contribution in [0.5, 0.6) is 5.75 Å². The first-order chi connectivity index (χ1) is 23.7. The largest absolute Gasteiger partial charge is 0.490 e. The first-order valence-corrected chi connectivity index (χ1v) is 19.5. The van der Waals surface area contributed by atoms with Gasteiger partial charge in [0.15, 0.2) is 0 Å². The highest BCUT2D eigenvalue weighted by molar-refractivity contribution is 7.90. The number of carbonyl (C=O) groups excluding carboxylic acids is 1. The van der Waals surface area contributed by atoms with Crippen LogP contribution in [0.1, 0.15) is 50.7 Å². The van der Waals surface area contributed by atoms with E-state index in [1.54, 1.807) is 42.8 Å². The molecule has 2 fully saturated rings. The summed E-state index contributed by atoms with van der Waals surface area (Å²) in [6.45, 7) is 5.76. The number of nitrogens with one attached hydrogen (secondary N) is 1. The van der Waals surface area contributed by atoms with Crippen molar-refractivity contribution in [1.29, 1.82) is 0 Å². The van der Waals surface area contributed by atoms with E-state index in [9.17, 15) is 22.0 Å². The Bertz CT molecular complexity index is 1770. The third-order valence-corrected chi connectivity index (χ3v) is 13.3. The van der Waals surface area contributed by atoms with Crippen LogP contribution < -0.4 is 14.4 Å². The van der Waals surface area contributed by atoms with Crippen molar-refractivity contribution in [2.75, 3.05) is 64.4 Å². The van der Waals surface area contributed by atoms with Gasteiger partial charge in [-0.1, -0.05) is 29.8 Å². The minimum absolute atomic E-state index is 0.00152. The van der Waals surface area contributed by atoms with Crippen LogP contribution in [0, 0.1) is 11.8 Å². The Morgan fingerprint density at radius 1 is 1.10 bits per heavy atom. The Balaban J connectivity index is 1.25. The number of amides is 1. The van der Waals surface area contributed by atoms with Crippen molar-refractivity contribution in [3.63, 3.8) is 0 Å². The lowest BCUT2D eigenvalue weighted by Gasteiger charge is -2.46. The van der Waals surface area contributed by atoms with Crippen LogP contribution in [0.15, 0.2) is 53.4 Å². The van der Waals surface area contributed by atoms with E-state index < -0.39 is 27.4 Å². The van der Waals surface area contributed by atoms with Gasteiger partial charge in [-0.25, -0.2) is 21.9 Å². The molecule has 9 nitrogen and oxygen atoms in total. The Morgan fingerprint density at radius 2 is 1.90 bits per heavy atom. The van der Waals surface area contributed by atoms with Crippen molar-refractivity contribution in [2.24, 2.45) is 11.8 Å². The normalized spacial score (nSPS) is 30.6. The van der Waals surface area contributed by atoms with Crippen LogP contribution in [0.3, 0.4) is 0 Å². The van der Waals surface area contributed by atoms with Crippen molar-refractivity contribution in [1.82, 2.24) is 14.5 Å². The smallest absolute Gasteiger partial charge is 0.272 e. The number of hydrogen-bond donors (Lipinski definition) is 1. The summed E-state index contributed by atoms with van der Waals surface area (Å²) in [5.74, 6) is -2.26. The molecule has 2 aliphatic carbocycles. The highest BCUT2D eigenvalue weighted by Gasteiger charge is 2.46. The second-order valence-electron chi connectivity index (χ2n) is 15.4. The van der Waals surface area contributed by atoms with Gasteiger partial charge in [-0.3, -0.25) is 14.6 Å². The minimum Gasteiger partial charge on any atom is -0.490 e. The van der Waals surface area contributed by atoms with Gasteiger partial charge in [-0.05, 0) is 106 Å². The molecule has 4 atom stereocenters. The van der Waals surface area contributed by atoms with Gasteiger partial charge in [0.2, 0.25) is 0 Å². The quantitative estimate of drug-likeness (QED) is 0.426. The standard InChI is InChI=1S/C37H47ClF2N4O5S/c1-35(2)34(45)41-50(46,47)28-10-13-33-31(19-28)44(21-36(24-49-33)14-4-6-25-18-27(38)9-12-30(25)36)20-26-8-11-29(26)32(7-5-15-42(35)3)48-17-16-43-22-37(39,40)23-43/h5,7,9-10,12-13,18-19,26,29,32H,4,6,8,11,14-17,20-24H2,1-3H3,(H,41,45)/t26-,29+,32-,36-/m0/s1. The van der Waals surface area contributed by atoms with Crippen molar-refractivity contribution in [2.45, 2.75) is 73.8 Å². The molecule has 0 unspecified atom stereocenters. The number of aryl methyl sites for hydroxylation is 1. The van der Waals surface area contributed by atoms with E-state index in [2.05, 4.69) is 15.7 Å². The maximum atomic E-state index is 13.7. The maximum absolute atomic E-state index is 13.7. The van der Waals surface area contributed by atoms with Crippen LogP contribution in [-0.2, 0) is 31.4 Å². The molecule has 2 aromatic carbocycles. The van der Waals surface area contributed by atoms with Gasteiger partial charge in [0.05, 0.1) is 48.5 Å². The van der Waals surface area contributed by atoms with Crippen LogP contribution in [0.25, 0.3) is 0 Å². The SMILES string of the molecule is CN1CC=C[C@H](OCCN2CC(F)(F)C2)[C@@H]2CC[C@H]2CN2C[C@@]3(CCCc4cc(Cl)ccc43)COc3ccc(cc32)S(=O)(=O)NC(=O)C1(C)C. The van der Waals surface area contributed by atoms with Crippen molar-refractivity contribution < 1.29 is 31.5 Å². The van der Waals surface area contributed by atoms with Gasteiger partial charge in [-0.15, -0.1) is 0 Å². The van der Waals surface area contributed by atoms with E-state index in [0.717, 1.165) is 32.1 Å². The van der Waals surface area contributed by atoms with E-state index in [-0.39, 0.29) is 41.3 Å². The number of sulfonamides is 1. The number of carbonyl (C=O) groups is 1. The number of rotatable bonds is 4. The molecule has 1 saturated carbocycles. The number of likely N-dealkylation sites (N-methyl/N-ethyl adjacent to an activating group) is 1. The summed E-state index contributed by atoms with van der Waals surface area (Å²) in [7, 11) is -2.43. The minimum atomic E-state index is -4.21. The number of nitrogens with zero attached hydrogens (tertiary/aromatic N) is 3. The topological polar surface area (TPSA) is 91.4 Å². The molecule has 2 aromatic rings. The summed E-state index contributed by atoms with van der Waals surface area (Å²) in [5, 5.41) is 0.703. The van der Waals surface area contributed by atoms with Crippen LogP contribution >= 0.6 is 11.6 Å². The van der Waals surface area contributed by atoms with Gasteiger partial charge in [0, 0.05) is 36.6 Å². The molecule has 5 aliphatic rings. The molecule has 2 bridgehead atoms. The second-order valence-corrected chi connectivity index (χ2v) is 17.6. The fourth-order valence-corrected chi connectivity index (χ4v) is 9.58. The monoisotopic (exact) mass is 732 g/mol. The number of benzene rings is 2. The van der Waals surface area contributed by atoms with Gasteiger partial charge >= 0.3 is 0 Å². The zero-order valence-electron chi connectivity index (χ0n) is 29.0. The lowest BCUT2D eigenvalue weighted by atomic mass is 9.68. The lowest BCUT2D eigenvalue weighted by Crippen LogP contribution is -2.57. The van der Waals surface area contributed by atoms with Crippen LogP contribution in [0.4, 0.5) is 14.5 Å². The number of anilines is 1. The average molecular weight is 733 g/mol. The fraction of sp³-hybridized carbons (Fsp3) is 0.595. The van der Waals surface area contributed by atoms with E-state index in [0.29, 0.717) is 55.9 Å². The van der Waals surface area contributed by atoms with E-state index in [1.165, 1.54) is 17.2 Å². The zero-order chi connectivity index (χ0) is 35.5. The van der Waals surface area contributed by atoms with Gasteiger partial charge < -0.3 is 14.4 Å². The average Bonchev–Trinajstić information content (AvgIpc) is 3.18. The molecular weight excluding hydrogens is 686 g/mol. The number of ether oxygens (including phenoxy) is 2. The van der Waals surface area contributed by atoms with E-state index in [4.69, 9.17) is 21.1 Å². The maximum Gasteiger partial charge on any atom is 0.272 e. The molecule has 1 spiro atoms. The summed E-state index contributed by atoms with van der Waals surface area (Å²) in [5.41, 5.74) is 1.61. The number of halogens is 3. The molecule has 272 valence electrons. The molecule has 1 amide bonds. The Labute approximate surface area is 299 Å². The number of alkyl halides is 2. The molecule has 7 rings (SSSR count). The molecule has 3 aliphatic heterocycles. The molecule has 1 N–H and O–H groups in total.